The summed E-state index contributed by atoms with van der Waals surface area (Å²) in [7, 11) is 0. The lowest BCUT2D eigenvalue weighted by Gasteiger charge is -2.13. The zero-order valence-corrected chi connectivity index (χ0v) is 15.5. The third-order valence-corrected chi connectivity index (χ3v) is 4.01. The second kappa shape index (κ2) is 8.86. The van der Waals surface area contributed by atoms with Gasteiger partial charge in [0, 0.05) is 11.9 Å². The molecule has 31 heavy (non-hydrogen) atoms. The highest BCUT2D eigenvalue weighted by Gasteiger charge is 2.31. The molecule has 0 radical (unpaired) electrons. The maximum Gasteiger partial charge on any atom is 0.417 e. The molecule has 0 atom stereocenters. The van der Waals surface area contributed by atoms with Gasteiger partial charge in [-0.1, -0.05) is 12.1 Å². The van der Waals surface area contributed by atoms with E-state index in [1.54, 1.807) is 6.07 Å². The van der Waals surface area contributed by atoms with Crippen molar-refractivity contribution in [3.05, 3.63) is 82.3 Å². The molecule has 0 bridgehead atoms. The Morgan fingerprint density at radius 3 is 2.32 bits per heavy atom. The van der Waals surface area contributed by atoms with E-state index in [-0.39, 0.29) is 17.0 Å². The van der Waals surface area contributed by atoms with Crippen molar-refractivity contribution in [1.29, 1.82) is 0 Å². The Morgan fingerprint density at radius 1 is 1.00 bits per heavy atom. The van der Waals surface area contributed by atoms with Crippen molar-refractivity contribution in [2.45, 2.75) is 12.8 Å². The van der Waals surface area contributed by atoms with Crippen LogP contribution < -0.4 is 20.9 Å². The van der Waals surface area contributed by atoms with Crippen molar-refractivity contribution < 1.29 is 31.5 Å². The second-order valence-electron chi connectivity index (χ2n) is 6.16. The molecular formula is C20H14F5N3O3. The van der Waals surface area contributed by atoms with Crippen LogP contribution in [0, 0.1) is 0 Å². The van der Waals surface area contributed by atoms with Crippen LogP contribution in [0.25, 0.3) is 0 Å². The molecular weight excluding hydrogens is 425 g/mol. The van der Waals surface area contributed by atoms with Crippen LogP contribution in [-0.4, -0.2) is 17.5 Å². The number of anilines is 3. The number of alkyl halides is 5. The summed E-state index contributed by atoms with van der Waals surface area (Å²) in [4.78, 5) is 26.4. The van der Waals surface area contributed by atoms with Crippen LogP contribution in [0.4, 0.5) is 39.0 Å². The number of ether oxygens (including phenoxy) is 1. The fourth-order valence-corrected chi connectivity index (χ4v) is 2.60. The number of hydrogen-bond donors (Lipinski definition) is 3. The van der Waals surface area contributed by atoms with E-state index >= 15 is 0 Å². The van der Waals surface area contributed by atoms with Crippen molar-refractivity contribution in [2.24, 2.45) is 0 Å². The molecule has 11 heteroatoms. The van der Waals surface area contributed by atoms with Gasteiger partial charge in [-0.25, -0.2) is 0 Å². The summed E-state index contributed by atoms with van der Waals surface area (Å²) in [6.45, 7) is -2.97. The van der Waals surface area contributed by atoms with Crippen molar-refractivity contribution in [2.75, 3.05) is 10.6 Å². The van der Waals surface area contributed by atoms with E-state index in [1.165, 1.54) is 42.5 Å². The molecule has 3 rings (SSSR count). The topological polar surface area (TPSA) is 83.2 Å². The number of pyridine rings is 1. The van der Waals surface area contributed by atoms with Crippen LogP contribution in [0.15, 0.2) is 65.6 Å². The van der Waals surface area contributed by atoms with Crippen LogP contribution >= 0.6 is 0 Å². The summed E-state index contributed by atoms with van der Waals surface area (Å²) >= 11 is 0. The second-order valence-corrected chi connectivity index (χ2v) is 6.16. The highest BCUT2D eigenvalue weighted by atomic mass is 19.4. The van der Waals surface area contributed by atoms with E-state index in [0.717, 1.165) is 0 Å². The van der Waals surface area contributed by atoms with Gasteiger partial charge in [0.2, 0.25) is 0 Å². The Balaban J connectivity index is 1.82. The number of rotatable bonds is 6. The van der Waals surface area contributed by atoms with Crippen LogP contribution in [0.1, 0.15) is 15.9 Å². The lowest BCUT2D eigenvalue weighted by atomic mass is 10.1. The maximum atomic E-state index is 12.9. The third kappa shape index (κ3) is 5.59. The van der Waals surface area contributed by atoms with Crippen LogP contribution in [0.5, 0.6) is 5.75 Å². The molecule has 0 saturated carbocycles. The summed E-state index contributed by atoms with van der Waals surface area (Å²) in [5.74, 6) is -0.888. The minimum Gasteiger partial charge on any atom is -0.435 e. The first-order valence-corrected chi connectivity index (χ1v) is 8.65. The smallest absolute Gasteiger partial charge is 0.417 e. The number of halogens is 5. The van der Waals surface area contributed by atoms with Gasteiger partial charge in [-0.2, -0.15) is 22.0 Å². The third-order valence-electron chi connectivity index (χ3n) is 4.01. The molecule has 3 N–H and O–H groups in total. The Morgan fingerprint density at radius 2 is 1.68 bits per heavy atom. The monoisotopic (exact) mass is 439 g/mol. The Kier molecular flexibility index (Phi) is 6.23. The molecule has 1 aromatic heterocycles. The average Bonchev–Trinajstić information content (AvgIpc) is 2.70. The molecule has 1 heterocycles. The molecule has 0 spiro atoms. The van der Waals surface area contributed by atoms with Crippen molar-refractivity contribution >= 4 is 23.0 Å². The number of carbonyl (C=O) groups is 1. The molecule has 0 aliphatic rings. The summed E-state index contributed by atoms with van der Waals surface area (Å²) in [6, 6.07) is 12.0. The highest BCUT2D eigenvalue weighted by molar-refractivity contribution is 6.08. The van der Waals surface area contributed by atoms with Gasteiger partial charge in [0.25, 0.3) is 11.5 Å². The molecule has 0 unspecified atom stereocenters. The van der Waals surface area contributed by atoms with Crippen LogP contribution in [-0.2, 0) is 6.18 Å². The zero-order valence-electron chi connectivity index (χ0n) is 15.5. The standard InChI is InChI=1S/C20H14F5N3O3/c21-19(22)31-13-7-5-12(6-8-13)27-15-4-2-1-3-14(15)17(29)28-16-9-11(20(23,24)25)10-26-18(16)30/h1-10,19,27H,(H,26,30)(H,28,29). The fraction of sp³-hybridized carbons (Fsp3) is 0.100. The van der Waals surface area contributed by atoms with E-state index in [0.29, 0.717) is 18.0 Å². The number of nitrogens with one attached hydrogen (secondary N) is 3. The van der Waals surface area contributed by atoms with Gasteiger partial charge < -0.3 is 20.4 Å². The van der Waals surface area contributed by atoms with Gasteiger partial charge in [-0.3, -0.25) is 9.59 Å². The normalized spacial score (nSPS) is 11.3. The summed E-state index contributed by atoms with van der Waals surface area (Å²) in [5.41, 5.74) is -1.86. The first-order valence-electron chi connectivity index (χ1n) is 8.65. The lowest BCUT2D eigenvalue weighted by Crippen LogP contribution is -2.22. The van der Waals surface area contributed by atoms with Gasteiger partial charge in [0.15, 0.2) is 0 Å². The molecule has 1 amide bonds. The number of H-pyrrole nitrogens is 1. The van der Waals surface area contributed by atoms with Crippen LogP contribution in [0.2, 0.25) is 0 Å². The Labute approximate surface area is 171 Å². The number of aromatic amines is 1. The van der Waals surface area contributed by atoms with Crippen molar-refractivity contribution in [1.82, 2.24) is 4.98 Å². The first-order chi connectivity index (χ1) is 14.6. The highest BCUT2D eigenvalue weighted by Crippen LogP contribution is 2.29. The number of amides is 1. The number of benzene rings is 2. The Bertz CT molecular complexity index is 1130. The summed E-state index contributed by atoms with van der Waals surface area (Å²) in [6.07, 6.45) is -4.20. The molecule has 3 aromatic rings. The minimum atomic E-state index is -4.71. The number of para-hydroxylation sites is 1. The molecule has 6 nitrogen and oxygen atoms in total. The maximum absolute atomic E-state index is 12.9. The Hall–Kier alpha value is -3.89. The van der Waals surface area contributed by atoms with E-state index in [9.17, 15) is 31.5 Å². The van der Waals surface area contributed by atoms with E-state index in [4.69, 9.17) is 0 Å². The molecule has 0 aliphatic heterocycles. The molecule has 0 saturated heterocycles. The summed E-state index contributed by atoms with van der Waals surface area (Å²) < 4.78 is 67.3. The largest absolute Gasteiger partial charge is 0.435 e. The molecule has 0 aliphatic carbocycles. The predicted octanol–water partition coefficient (Wildman–Crippen LogP) is 4.99. The van der Waals surface area contributed by atoms with Gasteiger partial charge in [-0.05, 0) is 42.5 Å². The predicted molar refractivity (Wildman–Crippen MR) is 103 cm³/mol. The van der Waals surface area contributed by atoms with E-state index in [1.807, 2.05) is 4.98 Å². The fourth-order valence-electron chi connectivity index (χ4n) is 2.60. The average molecular weight is 439 g/mol. The number of hydrogen-bond acceptors (Lipinski definition) is 4. The first kappa shape index (κ1) is 21.8. The number of carbonyl (C=O) groups excluding carboxylic acids is 1. The van der Waals surface area contributed by atoms with E-state index < -0.39 is 35.5 Å². The van der Waals surface area contributed by atoms with Gasteiger partial charge >= 0.3 is 12.8 Å². The van der Waals surface area contributed by atoms with Gasteiger partial charge in [0.1, 0.15) is 11.4 Å². The van der Waals surface area contributed by atoms with Crippen LogP contribution in [0.3, 0.4) is 0 Å². The number of aromatic nitrogens is 1. The lowest BCUT2D eigenvalue weighted by molar-refractivity contribution is -0.137. The molecule has 162 valence electrons. The zero-order chi connectivity index (χ0) is 22.6. The summed E-state index contributed by atoms with van der Waals surface area (Å²) in [5, 5.41) is 5.07. The van der Waals surface area contributed by atoms with E-state index in [2.05, 4.69) is 15.4 Å². The van der Waals surface area contributed by atoms with Gasteiger partial charge in [0.05, 0.1) is 16.8 Å². The van der Waals surface area contributed by atoms with Crippen molar-refractivity contribution in [3.8, 4) is 5.75 Å². The van der Waals surface area contributed by atoms with Gasteiger partial charge in [-0.15, -0.1) is 0 Å². The minimum absolute atomic E-state index is 0.0345. The quantitative estimate of drug-likeness (QED) is 0.473. The SMILES string of the molecule is O=C(Nc1cc(C(F)(F)F)c[nH]c1=O)c1ccccc1Nc1ccc(OC(F)F)cc1. The van der Waals surface area contributed by atoms with Crippen molar-refractivity contribution in [3.63, 3.8) is 0 Å². The molecule has 0 fully saturated rings. The molecule has 2 aromatic carbocycles.